The van der Waals surface area contributed by atoms with E-state index in [1.54, 1.807) is 0 Å². The number of nitrogens with one attached hydrogen (secondary N) is 1. The summed E-state index contributed by atoms with van der Waals surface area (Å²) in [4.78, 5) is 14.9. The van der Waals surface area contributed by atoms with Gasteiger partial charge >= 0.3 is 0 Å². The van der Waals surface area contributed by atoms with Crippen molar-refractivity contribution < 1.29 is 4.79 Å². The third-order valence-electron chi connectivity index (χ3n) is 4.81. The predicted molar refractivity (Wildman–Crippen MR) is 108 cm³/mol. The Bertz CT molecular complexity index is 742. The van der Waals surface area contributed by atoms with Crippen LogP contribution in [-0.2, 0) is 0 Å². The molecule has 1 saturated heterocycles. The number of nitrogens with zero attached hydrogens (tertiary/aromatic N) is 2. The molecule has 1 atom stereocenters. The summed E-state index contributed by atoms with van der Waals surface area (Å²) < 4.78 is 3.21. The fourth-order valence-corrected chi connectivity index (χ4v) is 3.87. The van der Waals surface area contributed by atoms with Crippen LogP contribution in [0.15, 0.2) is 34.8 Å². The van der Waals surface area contributed by atoms with Crippen molar-refractivity contribution in [3.05, 3.63) is 51.8 Å². The van der Waals surface area contributed by atoms with Gasteiger partial charge in [0.1, 0.15) is 0 Å². The monoisotopic (exact) mass is 425 g/mol. The Labute approximate surface area is 164 Å². The molecule has 0 spiro atoms. The maximum Gasteiger partial charge on any atom is 0.255 e. The minimum Gasteiger partial charge on any atom is -0.338 e. The van der Waals surface area contributed by atoms with Gasteiger partial charge < -0.3 is 14.8 Å². The van der Waals surface area contributed by atoms with Crippen LogP contribution in [0.5, 0.6) is 0 Å². The van der Waals surface area contributed by atoms with Gasteiger partial charge in [-0.1, -0.05) is 15.9 Å². The van der Waals surface area contributed by atoms with Crippen LogP contribution >= 0.6 is 28.3 Å². The topological polar surface area (TPSA) is 37.3 Å². The largest absolute Gasteiger partial charge is 0.338 e. The second-order valence-electron chi connectivity index (χ2n) is 6.56. The molecule has 1 amide bonds. The zero-order valence-electron chi connectivity index (χ0n) is 14.9. The van der Waals surface area contributed by atoms with E-state index in [2.05, 4.69) is 44.9 Å². The number of rotatable bonds is 4. The van der Waals surface area contributed by atoms with E-state index in [9.17, 15) is 4.79 Å². The fourth-order valence-electron chi connectivity index (χ4n) is 3.61. The summed E-state index contributed by atoms with van der Waals surface area (Å²) in [5.41, 5.74) is 4.00. The van der Waals surface area contributed by atoms with Gasteiger partial charge in [0.25, 0.3) is 5.91 Å². The molecule has 1 aliphatic heterocycles. The number of carbonyl (C=O) groups is 1. The van der Waals surface area contributed by atoms with Crippen LogP contribution in [0.1, 0.15) is 28.2 Å². The summed E-state index contributed by atoms with van der Waals surface area (Å²) in [6.45, 7) is 6.76. The Morgan fingerprint density at radius 3 is 2.60 bits per heavy atom. The van der Waals surface area contributed by atoms with E-state index in [0.29, 0.717) is 5.92 Å². The van der Waals surface area contributed by atoms with Gasteiger partial charge in [-0.25, -0.2) is 0 Å². The van der Waals surface area contributed by atoms with E-state index in [1.165, 1.54) is 0 Å². The van der Waals surface area contributed by atoms with E-state index < -0.39 is 0 Å². The lowest BCUT2D eigenvalue weighted by Crippen LogP contribution is -2.30. The number of hydrogen-bond acceptors (Lipinski definition) is 2. The first-order valence-electron chi connectivity index (χ1n) is 8.40. The van der Waals surface area contributed by atoms with Crippen molar-refractivity contribution in [1.29, 1.82) is 0 Å². The Morgan fingerprint density at radius 1 is 1.28 bits per heavy atom. The molecular formula is C19H25BrClN3O. The molecule has 1 N–H and O–H groups in total. The Morgan fingerprint density at radius 2 is 1.96 bits per heavy atom. The van der Waals surface area contributed by atoms with E-state index in [0.717, 1.165) is 53.2 Å². The molecule has 0 bridgehead atoms. The summed E-state index contributed by atoms with van der Waals surface area (Å²) >= 11 is 3.47. The molecule has 2 aromatic rings. The molecule has 0 aliphatic carbocycles. The molecule has 136 valence electrons. The number of aryl methyl sites for hydroxylation is 1. The molecule has 3 rings (SSSR count). The first kappa shape index (κ1) is 20.0. The average molecular weight is 427 g/mol. The SMILES string of the molecule is CNCC1CCN(C(=O)c2cc(C)n(-c3ccc(Br)cc3)c2C)C1.Cl. The van der Waals surface area contributed by atoms with Gasteiger partial charge in [0.2, 0.25) is 0 Å². The Balaban J connectivity index is 0.00000225. The lowest BCUT2D eigenvalue weighted by atomic mass is 10.1. The number of amides is 1. The number of hydrogen-bond donors (Lipinski definition) is 1. The fraction of sp³-hybridized carbons (Fsp3) is 0.421. The molecule has 1 aromatic heterocycles. The second-order valence-corrected chi connectivity index (χ2v) is 7.48. The molecular weight excluding hydrogens is 402 g/mol. The van der Waals surface area contributed by atoms with Crippen LogP contribution in [-0.4, -0.2) is 42.1 Å². The minimum absolute atomic E-state index is 0. The number of halogens is 2. The molecule has 4 nitrogen and oxygen atoms in total. The smallest absolute Gasteiger partial charge is 0.255 e. The average Bonchev–Trinajstić information content (AvgIpc) is 3.13. The molecule has 0 radical (unpaired) electrons. The Kier molecular flexibility index (Phi) is 6.72. The van der Waals surface area contributed by atoms with Gasteiger partial charge in [-0.2, -0.15) is 0 Å². The standard InChI is InChI=1S/C19H24BrN3O.ClH/c1-13-10-18(19(24)22-9-8-15(12-22)11-21-3)14(2)23(13)17-6-4-16(20)5-7-17;/h4-7,10,15,21H,8-9,11-12H2,1-3H3;1H. The van der Waals surface area contributed by atoms with E-state index in [1.807, 2.05) is 37.1 Å². The number of carbonyl (C=O) groups excluding carboxylic acids is 1. The van der Waals surface area contributed by atoms with Crippen molar-refractivity contribution in [3.8, 4) is 5.69 Å². The van der Waals surface area contributed by atoms with Crippen molar-refractivity contribution in [2.75, 3.05) is 26.7 Å². The minimum atomic E-state index is 0. The van der Waals surface area contributed by atoms with Crippen molar-refractivity contribution in [2.24, 2.45) is 5.92 Å². The van der Waals surface area contributed by atoms with Crippen LogP contribution in [0.4, 0.5) is 0 Å². The predicted octanol–water partition coefficient (Wildman–Crippen LogP) is 3.96. The van der Waals surface area contributed by atoms with Crippen LogP contribution < -0.4 is 5.32 Å². The van der Waals surface area contributed by atoms with Crippen molar-refractivity contribution in [1.82, 2.24) is 14.8 Å². The van der Waals surface area contributed by atoms with Crippen molar-refractivity contribution >= 4 is 34.2 Å². The van der Waals surface area contributed by atoms with Crippen LogP contribution in [0, 0.1) is 19.8 Å². The van der Waals surface area contributed by atoms with Gasteiger partial charge in [0.05, 0.1) is 5.56 Å². The molecule has 1 aromatic carbocycles. The highest BCUT2D eigenvalue weighted by molar-refractivity contribution is 9.10. The Hall–Kier alpha value is -1.30. The second kappa shape index (κ2) is 8.39. The van der Waals surface area contributed by atoms with E-state index >= 15 is 0 Å². The lowest BCUT2D eigenvalue weighted by molar-refractivity contribution is 0.0786. The molecule has 2 heterocycles. The first-order chi connectivity index (χ1) is 11.5. The molecule has 6 heteroatoms. The summed E-state index contributed by atoms with van der Waals surface area (Å²) in [6.07, 6.45) is 1.08. The van der Waals surface area contributed by atoms with Gasteiger partial charge in [-0.15, -0.1) is 12.4 Å². The summed E-state index contributed by atoms with van der Waals surface area (Å²) in [6, 6.07) is 10.2. The molecule has 25 heavy (non-hydrogen) atoms. The van der Waals surface area contributed by atoms with Gasteiger partial charge in [-0.3, -0.25) is 4.79 Å². The van der Waals surface area contributed by atoms with Gasteiger partial charge in [-0.05, 0) is 70.1 Å². The summed E-state index contributed by atoms with van der Waals surface area (Å²) in [5, 5.41) is 3.21. The zero-order valence-corrected chi connectivity index (χ0v) is 17.3. The molecule has 0 saturated carbocycles. The van der Waals surface area contributed by atoms with Crippen LogP contribution in [0.25, 0.3) is 5.69 Å². The normalized spacial score (nSPS) is 16.8. The third kappa shape index (κ3) is 4.10. The lowest BCUT2D eigenvalue weighted by Gasteiger charge is -2.17. The van der Waals surface area contributed by atoms with E-state index in [4.69, 9.17) is 0 Å². The maximum atomic E-state index is 13.0. The highest BCUT2D eigenvalue weighted by atomic mass is 79.9. The quantitative estimate of drug-likeness (QED) is 0.803. The maximum absolute atomic E-state index is 13.0. The van der Waals surface area contributed by atoms with Crippen molar-refractivity contribution in [3.63, 3.8) is 0 Å². The first-order valence-corrected chi connectivity index (χ1v) is 9.19. The zero-order chi connectivity index (χ0) is 17.3. The van der Waals surface area contributed by atoms with Crippen LogP contribution in [0.2, 0.25) is 0 Å². The van der Waals surface area contributed by atoms with E-state index in [-0.39, 0.29) is 18.3 Å². The summed E-state index contributed by atoms with van der Waals surface area (Å²) in [5.74, 6) is 0.721. The number of aromatic nitrogens is 1. The van der Waals surface area contributed by atoms with Crippen molar-refractivity contribution in [2.45, 2.75) is 20.3 Å². The van der Waals surface area contributed by atoms with Gasteiger partial charge in [0, 0.05) is 34.6 Å². The highest BCUT2D eigenvalue weighted by Crippen LogP contribution is 2.25. The molecule has 1 aliphatic rings. The van der Waals surface area contributed by atoms with Crippen LogP contribution in [0.3, 0.4) is 0 Å². The highest BCUT2D eigenvalue weighted by Gasteiger charge is 2.28. The number of likely N-dealkylation sites (tertiary alicyclic amines) is 1. The number of benzene rings is 1. The molecule has 1 unspecified atom stereocenters. The van der Waals surface area contributed by atoms with Gasteiger partial charge in [0.15, 0.2) is 0 Å². The molecule has 1 fully saturated rings. The third-order valence-corrected chi connectivity index (χ3v) is 5.34. The summed E-state index contributed by atoms with van der Waals surface area (Å²) in [7, 11) is 1.97.